The molecule has 2 aromatic heterocycles. The summed E-state index contributed by atoms with van der Waals surface area (Å²) in [5.74, 6) is 0.0940. The average Bonchev–Trinajstić information content (AvgIpc) is 3.08. The second-order valence-electron chi connectivity index (χ2n) is 6.85. The molecular formula is C21H23N3O2. The highest BCUT2D eigenvalue weighted by atomic mass is 16.5. The van der Waals surface area contributed by atoms with Crippen LogP contribution in [0.5, 0.6) is 0 Å². The van der Waals surface area contributed by atoms with Gasteiger partial charge in [0.2, 0.25) is 0 Å². The van der Waals surface area contributed by atoms with Gasteiger partial charge in [-0.1, -0.05) is 12.1 Å². The Bertz CT molecular complexity index is 904. The molecule has 0 aliphatic carbocycles. The summed E-state index contributed by atoms with van der Waals surface area (Å²) in [5.41, 5.74) is 2.92. The Kier molecular flexibility index (Phi) is 4.71. The SMILES string of the molecule is Cn1ccc2c(C(=O)N3CCC[C@@H](OCc4cccnc4)C3)cccc21. The zero-order valence-electron chi connectivity index (χ0n) is 15.0. The molecule has 1 aromatic carbocycles. The van der Waals surface area contributed by atoms with Crippen molar-refractivity contribution < 1.29 is 9.53 Å². The van der Waals surface area contributed by atoms with Crippen molar-refractivity contribution in [2.45, 2.75) is 25.6 Å². The molecule has 5 heteroatoms. The number of carbonyl (C=O) groups excluding carboxylic acids is 1. The Morgan fingerprint density at radius 3 is 3.04 bits per heavy atom. The summed E-state index contributed by atoms with van der Waals surface area (Å²) >= 11 is 0. The number of pyridine rings is 1. The molecule has 0 spiro atoms. The standard InChI is InChI=1S/C21H23N3O2/c1-23-12-9-18-19(7-2-8-20(18)23)21(25)24-11-4-6-17(14-24)26-15-16-5-3-10-22-13-16/h2-3,5,7-10,12-13,17H,4,6,11,14-15H2,1H3/t17-/m1/s1. The van der Waals surface area contributed by atoms with Gasteiger partial charge in [-0.25, -0.2) is 0 Å². The van der Waals surface area contributed by atoms with Gasteiger partial charge < -0.3 is 14.2 Å². The van der Waals surface area contributed by atoms with Gasteiger partial charge in [0.05, 0.1) is 12.7 Å². The minimum absolute atomic E-state index is 0.0721. The Hall–Kier alpha value is -2.66. The zero-order valence-corrected chi connectivity index (χ0v) is 15.0. The van der Waals surface area contributed by atoms with Crippen LogP contribution in [0.3, 0.4) is 0 Å². The topological polar surface area (TPSA) is 47.4 Å². The number of aromatic nitrogens is 2. The highest BCUT2D eigenvalue weighted by Crippen LogP contribution is 2.23. The number of hydrogen-bond donors (Lipinski definition) is 0. The zero-order chi connectivity index (χ0) is 17.9. The summed E-state index contributed by atoms with van der Waals surface area (Å²) in [5, 5.41) is 1.01. The summed E-state index contributed by atoms with van der Waals surface area (Å²) in [4.78, 5) is 19.1. The Morgan fingerprint density at radius 1 is 1.27 bits per heavy atom. The average molecular weight is 349 g/mol. The van der Waals surface area contributed by atoms with Gasteiger partial charge in [0.15, 0.2) is 0 Å². The van der Waals surface area contributed by atoms with Gasteiger partial charge in [0, 0.05) is 55.2 Å². The summed E-state index contributed by atoms with van der Waals surface area (Å²) in [7, 11) is 2.00. The van der Waals surface area contributed by atoms with Gasteiger partial charge in [0.1, 0.15) is 0 Å². The number of hydrogen-bond acceptors (Lipinski definition) is 3. The van der Waals surface area contributed by atoms with Gasteiger partial charge in [-0.05, 0) is 42.7 Å². The van der Waals surface area contributed by atoms with Crippen molar-refractivity contribution in [1.82, 2.24) is 14.5 Å². The van der Waals surface area contributed by atoms with Crippen LogP contribution in [0, 0.1) is 0 Å². The first-order valence-electron chi connectivity index (χ1n) is 9.06. The molecule has 1 aliphatic heterocycles. The van der Waals surface area contributed by atoms with Gasteiger partial charge in [-0.15, -0.1) is 0 Å². The van der Waals surface area contributed by atoms with Crippen LogP contribution in [0.4, 0.5) is 0 Å². The molecular weight excluding hydrogens is 326 g/mol. The number of rotatable bonds is 4. The molecule has 3 aromatic rings. The van der Waals surface area contributed by atoms with E-state index in [0.717, 1.165) is 41.4 Å². The second kappa shape index (κ2) is 7.30. The molecule has 1 amide bonds. The lowest BCUT2D eigenvalue weighted by molar-refractivity contribution is -0.00675. The van der Waals surface area contributed by atoms with Crippen LogP contribution in [0.25, 0.3) is 10.9 Å². The van der Waals surface area contributed by atoms with E-state index in [0.29, 0.717) is 13.2 Å². The fraction of sp³-hybridized carbons (Fsp3) is 0.333. The van der Waals surface area contributed by atoms with Crippen molar-refractivity contribution in [2.24, 2.45) is 7.05 Å². The number of piperidine rings is 1. The van der Waals surface area contributed by atoms with Gasteiger partial charge >= 0.3 is 0 Å². The predicted molar refractivity (Wildman–Crippen MR) is 101 cm³/mol. The molecule has 0 N–H and O–H groups in total. The molecule has 1 aliphatic rings. The fourth-order valence-corrected chi connectivity index (χ4v) is 3.62. The molecule has 5 nitrogen and oxygen atoms in total. The Labute approximate surface area is 153 Å². The van der Waals surface area contributed by atoms with E-state index >= 15 is 0 Å². The number of aryl methyl sites for hydroxylation is 1. The molecule has 1 fully saturated rings. The number of carbonyl (C=O) groups is 1. The molecule has 0 bridgehead atoms. The van der Waals surface area contributed by atoms with Crippen molar-refractivity contribution in [3.63, 3.8) is 0 Å². The van der Waals surface area contributed by atoms with E-state index in [2.05, 4.69) is 4.98 Å². The first-order chi connectivity index (χ1) is 12.7. The first kappa shape index (κ1) is 16.8. The van der Waals surface area contributed by atoms with Crippen molar-refractivity contribution >= 4 is 16.8 Å². The van der Waals surface area contributed by atoms with Crippen LogP contribution in [0.1, 0.15) is 28.8 Å². The van der Waals surface area contributed by atoms with Crippen molar-refractivity contribution in [3.05, 3.63) is 66.1 Å². The molecule has 3 heterocycles. The Balaban J connectivity index is 1.46. The lowest BCUT2D eigenvalue weighted by Gasteiger charge is -2.33. The second-order valence-corrected chi connectivity index (χ2v) is 6.85. The predicted octanol–water partition coefficient (Wildman–Crippen LogP) is 3.39. The minimum atomic E-state index is 0.0721. The Morgan fingerprint density at radius 2 is 2.19 bits per heavy atom. The molecule has 1 atom stereocenters. The van der Waals surface area contributed by atoms with Gasteiger partial charge in [-0.3, -0.25) is 9.78 Å². The van der Waals surface area contributed by atoms with E-state index < -0.39 is 0 Å². The maximum Gasteiger partial charge on any atom is 0.254 e. The normalized spacial score (nSPS) is 17.6. The third-order valence-corrected chi connectivity index (χ3v) is 5.03. The van der Waals surface area contributed by atoms with E-state index in [1.807, 2.05) is 65.3 Å². The first-order valence-corrected chi connectivity index (χ1v) is 9.06. The van der Waals surface area contributed by atoms with Crippen molar-refractivity contribution in [3.8, 4) is 0 Å². The van der Waals surface area contributed by atoms with E-state index in [-0.39, 0.29) is 12.0 Å². The van der Waals surface area contributed by atoms with E-state index in [1.165, 1.54) is 0 Å². The quantitative estimate of drug-likeness (QED) is 0.725. The van der Waals surface area contributed by atoms with Crippen LogP contribution < -0.4 is 0 Å². The summed E-state index contributed by atoms with van der Waals surface area (Å²) in [6.07, 6.45) is 7.60. The number of ether oxygens (including phenoxy) is 1. The summed E-state index contributed by atoms with van der Waals surface area (Å²) in [6, 6.07) is 11.9. The van der Waals surface area contributed by atoms with Crippen LogP contribution in [0.2, 0.25) is 0 Å². The van der Waals surface area contributed by atoms with Gasteiger partial charge in [-0.2, -0.15) is 0 Å². The molecule has 134 valence electrons. The summed E-state index contributed by atoms with van der Waals surface area (Å²) in [6.45, 7) is 1.96. The molecule has 0 saturated carbocycles. The smallest absolute Gasteiger partial charge is 0.254 e. The lowest BCUT2D eigenvalue weighted by Crippen LogP contribution is -2.43. The van der Waals surface area contributed by atoms with E-state index in [9.17, 15) is 4.79 Å². The monoisotopic (exact) mass is 349 g/mol. The number of fused-ring (bicyclic) bond motifs is 1. The van der Waals surface area contributed by atoms with Crippen LogP contribution in [0.15, 0.2) is 55.0 Å². The maximum atomic E-state index is 13.1. The molecule has 26 heavy (non-hydrogen) atoms. The number of nitrogens with zero attached hydrogens (tertiary/aromatic N) is 3. The number of benzene rings is 1. The maximum absolute atomic E-state index is 13.1. The fourth-order valence-electron chi connectivity index (χ4n) is 3.62. The van der Waals surface area contributed by atoms with Crippen molar-refractivity contribution in [2.75, 3.05) is 13.1 Å². The van der Waals surface area contributed by atoms with E-state index in [1.54, 1.807) is 6.20 Å². The van der Waals surface area contributed by atoms with Crippen molar-refractivity contribution in [1.29, 1.82) is 0 Å². The summed E-state index contributed by atoms with van der Waals surface area (Å²) < 4.78 is 8.08. The van der Waals surface area contributed by atoms with Crippen LogP contribution >= 0.6 is 0 Å². The highest BCUT2D eigenvalue weighted by Gasteiger charge is 2.26. The highest BCUT2D eigenvalue weighted by molar-refractivity contribution is 6.06. The lowest BCUT2D eigenvalue weighted by atomic mass is 10.0. The molecule has 4 rings (SSSR count). The third kappa shape index (κ3) is 3.35. The third-order valence-electron chi connectivity index (χ3n) is 5.03. The molecule has 1 saturated heterocycles. The van der Waals surface area contributed by atoms with Crippen LogP contribution in [-0.2, 0) is 18.4 Å². The minimum Gasteiger partial charge on any atom is -0.372 e. The van der Waals surface area contributed by atoms with Crippen LogP contribution in [-0.4, -0.2) is 39.6 Å². The number of amides is 1. The van der Waals surface area contributed by atoms with Gasteiger partial charge in [0.25, 0.3) is 5.91 Å². The molecule has 0 unspecified atom stereocenters. The van der Waals surface area contributed by atoms with E-state index in [4.69, 9.17) is 4.74 Å². The number of likely N-dealkylation sites (tertiary alicyclic amines) is 1. The molecule has 0 radical (unpaired) electrons. The largest absolute Gasteiger partial charge is 0.372 e.